The highest BCUT2D eigenvalue weighted by Gasteiger charge is 2.41. The van der Waals surface area contributed by atoms with E-state index < -0.39 is 11.6 Å². The third-order valence-electron chi connectivity index (χ3n) is 2.31. The minimum Gasteiger partial charge on any atom is -0.479 e. The molecule has 1 N–H and O–H groups in total. The van der Waals surface area contributed by atoms with Crippen molar-refractivity contribution in [2.75, 3.05) is 19.7 Å². The van der Waals surface area contributed by atoms with Crippen LogP contribution in [0.15, 0.2) is 0 Å². The summed E-state index contributed by atoms with van der Waals surface area (Å²) in [6, 6.07) is 0. The van der Waals surface area contributed by atoms with Gasteiger partial charge in [0.25, 0.3) is 0 Å². The van der Waals surface area contributed by atoms with Gasteiger partial charge in [-0.1, -0.05) is 6.92 Å². The first-order valence-electron chi connectivity index (χ1n) is 4.64. The van der Waals surface area contributed by atoms with Gasteiger partial charge >= 0.3 is 5.97 Å². The summed E-state index contributed by atoms with van der Waals surface area (Å²) in [6.45, 7) is 4.02. The number of nitrogens with zero attached hydrogens (tertiary/aromatic N) is 1. The highest BCUT2D eigenvalue weighted by Crippen LogP contribution is 2.18. The molecule has 14 heavy (non-hydrogen) atoms. The molecule has 1 heterocycles. The normalized spacial score (nSPS) is 27.9. The van der Waals surface area contributed by atoms with Crippen molar-refractivity contribution in [3.63, 3.8) is 0 Å². The lowest BCUT2D eigenvalue weighted by Gasteiger charge is -2.37. The van der Waals surface area contributed by atoms with Crippen LogP contribution >= 0.6 is 0 Å². The summed E-state index contributed by atoms with van der Waals surface area (Å²) in [5.41, 5.74) is -1.25. The van der Waals surface area contributed by atoms with Crippen LogP contribution in [0.4, 0.5) is 0 Å². The van der Waals surface area contributed by atoms with Crippen molar-refractivity contribution >= 4 is 11.9 Å². The maximum absolute atomic E-state index is 11.3. The van der Waals surface area contributed by atoms with E-state index in [2.05, 4.69) is 0 Å². The van der Waals surface area contributed by atoms with Gasteiger partial charge in [-0.3, -0.25) is 4.79 Å². The molecule has 1 aliphatic rings. The van der Waals surface area contributed by atoms with Crippen molar-refractivity contribution in [3.05, 3.63) is 0 Å². The van der Waals surface area contributed by atoms with Crippen LogP contribution in [0.2, 0.25) is 0 Å². The first-order valence-corrected chi connectivity index (χ1v) is 4.64. The Labute approximate surface area is 82.6 Å². The molecule has 0 spiro atoms. The molecular formula is C9H15NO4. The molecule has 80 valence electrons. The second-order valence-electron chi connectivity index (χ2n) is 3.64. The van der Waals surface area contributed by atoms with Crippen LogP contribution in [0.25, 0.3) is 0 Å². The molecule has 0 aromatic heterocycles. The van der Waals surface area contributed by atoms with Gasteiger partial charge in [0.15, 0.2) is 5.60 Å². The van der Waals surface area contributed by atoms with Crippen LogP contribution in [0.1, 0.15) is 20.3 Å². The molecule has 1 unspecified atom stereocenters. The Morgan fingerprint density at radius 3 is 2.86 bits per heavy atom. The standard InChI is InChI=1S/C9H15NO4/c1-3-4-10-6-9(2,8(12)13)14-5-7(10)11/h3-6H2,1-2H3,(H,12,13). The fourth-order valence-electron chi connectivity index (χ4n) is 1.41. The van der Waals surface area contributed by atoms with Crippen LogP contribution in [-0.2, 0) is 14.3 Å². The van der Waals surface area contributed by atoms with Crippen LogP contribution < -0.4 is 0 Å². The Bertz CT molecular complexity index is 253. The third kappa shape index (κ3) is 2.04. The van der Waals surface area contributed by atoms with E-state index in [1.54, 1.807) is 0 Å². The number of carboxylic acids is 1. The largest absolute Gasteiger partial charge is 0.479 e. The molecule has 0 saturated carbocycles. The Morgan fingerprint density at radius 2 is 2.36 bits per heavy atom. The molecule has 5 nitrogen and oxygen atoms in total. The van der Waals surface area contributed by atoms with Gasteiger partial charge < -0.3 is 14.7 Å². The summed E-state index contributed by atoms with van der Waals surface area (Å²) in [4.78, 5) is 23.7. The van der Waals surface area contributed by atoms with Crippen molar-refractivity contribution in [2.45, 2.75) is 25.9 Å². The lowest BCUT2D eigenvalue weighted by Crippen LogP contribution is -2.57. The molecule has 0 radical (unpaired) electrons. The van der Waals surface area contributed by atoms with Crippen LogP contribution in [0.5, 0.6) is 0 Å². The fourth-order valence-corrected chi connectivity index (χ4v) is 1.41. The molecule has 1 rings (SSSR count). The second kappa shape index (κ2) is 3.96. The molecule has 1 fully saturated rings. The van der Waals surface area contributed by atoms with Crippen molar-refractivity contribution in [1.82, 2.24) is 4.90 Å². The van der Waals surface area contributed by atoms with Crippen LogP contribution in [-0.4, -0.2) is 47.2 Å². The van der Waals surface area contributed by atoms with Gasteiger partial charge in [0, 0.05) is 6.54 Å². The van der Waals surface area contributed by atoms with E-state index in [4.69, 9.17) is 9.84 Å². The number of morpholine rings is 1. The molecule has 0 aromatic rings. The van der Waals surface area contributed by atoms with E-state index in [1.807, 2.05) is 6.92 Å². The molecule has 0 aliphatic carbocycles. The number of amides is 1. The average Bonchev–Trinajstić information content (AvgIpc) is 2.12. The van der Waals surface area contributed by atoms with Crippen LogP contribution in [0, 0.1) is 0 Å². The number of hydrogen-bond donors (Lipinski definition) is 1. The van der Waals surface area contributed by atoms with Crippen molar-refractivity contribution in [3.8, 4) is 0 Å². The Morgan fingerprint density at radius 1 is 1.71 bits per heavy atom. The monoisotopic (exact) mass is 201 g/mol. The zero-order valence-corrected chi connectivity index (χ0v) is 8.45. The third-order valence-corrected chi connectivity index (χ3v) is 2.31. The lowest BCUT2D eigenvalue weighted by molar-refractivity contribution is -0.181. The molecule has 1 amide bonds. The minimum absolute atomic E-state index is 0.134. The van der Waals surface area contributed by atoms with Crippen LogP contribution in [0.3, 0.4) is 0 Å². The highest BCUT2D eigenvalue weighted by atomic mass is 16.5. The van der Waals surface area contributed by atoms with E-state index in [0.29, 0.717) is 6.54 Å². The lowest BCUT2D eigenvalue weighted by atomic mass is 10.0. The quantitative estimate of drug-likeness (QED) is 0.703. The molecule has 1 aliphatic heterocycles. The van der Waals surface area contributed by atoms with Gasteiger partial charge in [-0.25, -0.2) is 4.79 Å². The summed E-state index contributed by atoms with van der Waals surface area (Å²) in [6.07, 6.45) is 0.821. The predicted molar refractivity (Wildman–Crippen MR) is 48.9 cm³/mol. The number of hydrogen-bond acceptors (Lipinski definition) is 3. The molecule has 1 saturated heterocycles. The second-order valence-corrected chi connectivity index (χ2v) is 3.64. The molecule has 0 aromatic carbocycles. The molecular weight excluding hydrogens is 186 g/mol. The summed E-state index contributed by atoms with van der Waals surface area (Å²) in [5.74, 6) is -1.16. The predicted octanol–water partition coefficient (Wildman–Crippen LogP) is 0.0985. The Balaban J connectivity index is 2.70. The maximum atomic E-state index is 11.3. The Hall–Kier alpha value is -1.10. The highest BCUT2D eigenvalue weighted by molar-refractivity contribution is 5.83. The molecule has 5 heteroatoms. The van der Waals surface area contributed by atoms with Gasteiger partial charge in [-0.15, -0.1) is 0 Å². The number of ether oxygens (including phenoxy) is 1. The van der Waals surface area contributed by atoms with E-state index in [9.17, 15) is 9.59 Å². The molecule has 1 atom stereocenters. The fraction of sp³-hybridized carbons (Fsp3) is 0.778. The van der Waals surface area contributed by atoms with Crippen molar-refractivity contribution in [1.29, 1.82) is 0 Å². The van der Waals surface area contributed by atoms with E-state index in [1.165, 1.54) is 11.8 Å². The van der Waals surface area contributed by atoms with Gasteiger partial charge in [-0.2, -0.15) is 0 Å². The Kier molecular flexibility index (Phi) is 3.10. The summed E-state index contributed by atoms with van der Waals surface area (Å²) >= 11 is 0. The zero-order valence-electron chi connectivity index (χ0n) is 8.45. The van der Waals surface area contributed by atoms with E-state index >= 15 is 0 Å². The first kappa shape index (κ1) is 11.0. The van der Waals surface area contributed by atoms with Gasteiger partial charge in [-0.05, 0) is 13.3 Å². The minimum atomic E-state index is -1.25. The number of carbonyl (C=O) groups is 2. The number of carboxylic acid groups (broad SMARTS) is 1. The van der Waals surface area contributed by atoms with Crippen molar-refractivity contribution in [2.24, 2.45) is 0 Å². The van der Waals surface area contributed by atoms with Gasteiger partial charge in [0.05, 0.1) is 6.54 Å². The smallest absolute Gasteiger partial charge is 0.337 e. The average molecular weight is 201 g/mol. The first-order chi connectivity index (χ1) is 6.49. The number of aliphatic carboxylic acids is 1. The summed E-state index contributed by atoms with van der Waals surface area (Å²) in [5, 5.41) is 8.91. The summed E-state index contributed by atoms with van der Waals surface area (Å²) in [7, 11) is 0. The SMILES string of the molecule is CCCN1CC(C)(C(=O)O)OCC1=O. The number of rotatable bonds is 3. The van der Waals surface area contributed by atoms with Gasteiger partial charge in [0.1, 0.15) is 6.61 Å². The van der Waals surface area contributed by atoms with E-state index in [0.717, 1.165) is 6.42 Å². The van der Waals surface area contributed by atoms with Crippen molar-refractivity contribution < 1.29 is 19.4 Å². The zero-order chi connectivity index (χ0) is 10.8. The van der Waals surface area contributed by atoms with E-state index in [-0.39, 0.29) is 19.1 Å². The number of carbonyl (C=O) groups excluding carboxylic acids is 1. The van der Waals surface area contributed by atoms with Gasteiger partial charge in [0.2, 0.25) is 5.91 Å². The molecule has 0 bridgehead atoms. The summed E-state index contributed by atoms with van der Waals surface area (Å²) < 4.78 is 5.02. The topological polar surface area (TPSA) is 66.8 Å². The maximum Gasteiger partial charge on any atom is 0.337 e.